The van der Waals surface area contributed by atoms with Crippen molar-refractivity contribution in [3.8, 4) is 0 Å². The van der Waals surface area contributed by atoms with Crippen LogP contribution < -0.4 is 10.2 Å². The number of hydrogen-bond acceptors (Lipinski definition) is 8. The first kappa shape index (κ1) is 15.2. The van der Waals surface area contributed by atoms with Crippen molar-refractivity contribution in [2.45, 2.75) is 25.9 Å². The highest BCUT2D eigenvalue weighted by Gasteiger charge is 2.48. The summed E-state index contributed by atoms with van der Waals surface area (Å²) in [6.45, 7) is 3.80. The van der Waals surface area contributed by atoms with E-state index in [1.165, 1.54) is 11.1 Å². The van der Waals surface area contributed by atoms with E-state index in [4.69, 9.17) is 0 Å². The minimum atomic E-state index is -0.0805. The van der Waals surface area contributed by atoms with Crippen molar-refractivity contribution in [3.05, 3.63) is 24.4 Å². The van der Waals surface area contributed by atoms with Crippen LogP contribution in [0.1, 0.15) is 12.2 Å². The molecule has 11 heteroatoms. The summed E-state index contributed by atoms with van der Waals surface area (Å²) in [5, 5.41) is 18.7. The molecule has 0 aromatic carbocycles. The zero-order valence-corrected chi connectivity index (χ0v) is 14.2. The van der Waals surface area contributed by atoms with Gasteiger partial charge < -0.3 is 10.2 Å². The number of tetrazole rings is 1. The molecule has 11 nitrogen and oxygen atoms in total. The van der Waals surface area contributed by atoms with Gasteiger partial charge in [-0.15, -0.1) is 15.3 Å². The topological polar surface area (TPSA) is 119 Å². The SMILES string of the molecule is Cc1nc2nccc(N3CC4CC(NC(=O)Cn5ncnn5)C4C3)n2n1. The van der Waals surface area contributed by atoms with Gasteiger partial charge in [0.2, 0.25) is 5.91 Å². The predicted octanol–water partition coefficient (Wildman–Crippen LogP) is -0.940. The van der Waals surface area contributed by atoms with Crippen molar-refractivity contribution in [1.82, 2.24) is 45.1 Å². The first-order chi connectivity index (χ1) is 12.7. The Morgan fingerprint density at radius 2 is 2.31 bits per heavy atom. The molecule has 0 radical (unpaired) electrons. The van der Waals surface area contributed by atoms with Crippen LogP contribution in [0.3, 0.4) is 0 Å². The fourth-order valence-electron chi connectivity index (χ4n) is 4.02. The lowest BCUT2D eigenvalue weighted by Gasteiger charge is -2.39. The van der Waals surface area contributed by atoms with Gasteiger partial charge >= 0.3 is 0 Å². The lowest BCUT2D eigenvalue weighted by atomic mass is 9.71. The van der Waals surface area contributed by atoms with E-state index in [2.05, 4.69) is 40.7 Å². The van der Waals surface area contributed by atoms with E-state index in [1.807, 2.05) is 13.0 Å². The number of rotatable bonds is 4. The Hall–Kier alpha value is -3.11. The van der Waals surface area contributed by atoms with Crippen LogP contribution in [0.4, 0.5) is 5.82 Å². The summed E-state index contributed by atoms with van der Waals surface area (Å²) in [5.41, 5.74) is 0. The molecule has 1 aliphatic heterocycles. The van der Waals surface area contributed by atoms with Gasteiger partial charge in [0.1, 0.15) is 18.2 Å². The molecule has 1 aliphatic carbocycles. The zero-order valence-electron chi connectivity index (χ0n) is 14.2. The van der Waals surface area contributed by atoms with Crippen LogP contribution in [0.5, 0.6) is 0 Å². The molecule has 5 rings (SSSR count). The van der Waals surface area contributed by atoms with Gasteiger partial charge in [0.05, 0.1) is 0 Å². The maximum Gasteiger partial charge on any atom is 0.254 e. The molecule has 26 heavy (non-hydrogen) atoms. The second-order valence-electron chi connectivity index (χ2n) is 6.88. The highest BCUT2D eigenvalue weighted by Crippen LogP contribution is 2.42. The third kappa shape index (κ3) is 2.47. The van der Waals surface area contributed by atoms with Crippen molar-refractivity contribution in [1.29, 1.82) is 0 Å². The van der Waals surface area contributed by atoms with Crippen molar-refractivity contribution < 1.29 is 4.79 Å². The number of nitrogens with one attached hydrogen (secondary N) is 1. The smallest absolute Gasteiger partial charge is 0.254 e. The maximum absolute atomic E-state index is 12.1. The van der Waals surface area contributed by atoms with E-state index in [9.17, 15) is 4.79 Å². The van der Waals surface area contributed by atoms with E-state index < -0.39 is 0 Å². The van der Waals surface area contributed by atoms with Crippen molar-refractivity contribution in [3.63, 3.8) is 0 Å². The Labute approximate surface area is 148 Å². The standard InChI is InChI=1S/C15H18N10O/c1-9-19-15-16-3-2-14(25(15)21-9)23-5-10-4-12(11(10)6-23)20-13(26)7-24-18-8-17-22-24/h2-3,8,10-12H,4-7H2,1H3,(H,20,26). The minimum Gasteiger partial charge on any atom is -0.356 e. The normalized spacial score (nSPS) is 24.5. The monoisotopic (exact) mass is 354 g/mol. The molecule has 1 amide bonds. The predicted molar refractivity (Wildman–Crippen MR) is 89.1 cm³/mol. The van der Waals surface area contributed by atoms with E-state index in [0.29, 0.717) is 23.4 Å². The highest BCUT2D eigenvalue weighted by atomic mass is 16.2. The second-order valence-corrected chi connectivity index (χ2v) is 6.88. The van der Waals surface area contributed by atoms with Crippen LogP contribution in [-0.2, 0) is 11.3 Å². The molecule has 1 saturated carbocycles. The average molecular weight is 354 g/mol. The molecule has 3 aromatic rings. The lowest BCUT2D eigenvalue weighted by molar-refractivity contribution is -0.124. The number of amides is 1. The number of aryl methyl sites for hydroxylation is 1. The molecule has 3 unspecified atom stereocenters. The molecule has 0 bridgehead atoms. The fourth-order valence-corrected chi connectivity index (χ4v) is 4.02. The first-order valence-corrected chi connectivity index (χ1v) is 8.61. The van der Waals surface area contributed by atoms with Gasteiger partial charge in [0, 0.05) is 31.2 Å². The van der Waals surface area contributed by atoms with E-state index >= 15 is 0 Å². The number of carbonyl (C=O) groups is 1. The number of anilines is 1. The summed E-state index contributed by atoms with van der Waals surface area (Å²) in [7, 11) is 0. The van der Waals surface area contributed by atoms with Gasteiger partial charge in [-0.3, -0.25) is 4.79 Å². The maximum atomic E-state index is 12.1. The first-order valence-electron chi connectivity index (χ1n) is 8.61. The Bertz CT molecular complexity index is 951. The minimum absolute atomic E-state index is 0.0805. The lowest BCUT2D eigenvalue weighted by Crippen LogP contribution is -2.52. The Morgan fingerprint density at radius 1 is 1.38 bits per heavy atom. The van der Waals surface area contributed by atoms with Crippen LogP contribution in [0.25, 0.3) is 5.78 Å². The molecule has 0 spiro atoms. The van der Waals surface area contributed by atoms with Crippen molar-refractivity contribution in [2.75, 3.05) is 18.0 Å². The molecule has 1 N–H and O–H groups in total. The molecule has 4 heterocycles. The number of hydrogen-bond donors (Lipinski definition) is 1. The summed E-state index contributed by atoms with van der Waals surface area (Å²) in [6, 6.07) is 2.16. The third-order valence-electron chi connectivity index (χ3n) is 5.24. The van der Waals surface area contributed by atoms with Gasteiger partial charge in [0.15, 0.2) is 6.33 Å². The van der Waals surface area contributed by atoms with Crippen LogP contribution in [0.2, 0.25) is 0 Å². The molecule has 2 aliphatic rings. The zero-order chi connectivity index (χ0) is 17.7. The van der Waals surface area contributed by atoms with E-state index in [0.717, 1.165) is 25.3 Å². The summed E-state index contributed by atoms with van der Waals surface area (Å²) >= 11 is 0. The molecule has 3 aromatic heterocycles. The Kier molecular flexibility index (Phi) is 3.33. The van der Waals surface area contributed by atoms with Crippen LogP contribution in [0, 0.1) is 18.8 Å². The van der Waals surface area contributed by atoms with E-state index in [-0.39, 0.29) is 18.5 Å². The van der Waals surface area contributed by atoms with Gasteiger partial charge in [-0.05, 0) is 30.5 Å². The highest BCUT2D eigenvalue weighted by molar-refractivity contribution is 5.76. The largest absolute Gasteiger partial charge is 0.356 e. The van der Waals surface area contributed by atoms with Gasteiger partial charge in [-0.1, -0.05) is 0 Å². The number of nitrogens with zero attached hydrogens (tertiary/aromatic N) is 9. The quantitative estimate of drug-likeness (QED) is 0.638. The van der Waals surface area contributed by atoms with Crippen LogP contribution in [0.15, 0.2) is 18.6 Å². The molecule has 2 fully saturated rings. The average Bonchev–Trinajstić information content (AvgIpc) is 3.30. The van der Waals surface area contributed by atoms with Crippen LogP contribution in [-0.4, -0.2) is 64.8 Å². The van der Waals surface area contributed by atoms with Crippen LogP contribution >= 0.6 is 0 Å². The summed E-state index contributed by atoms with van der Waals surface area (Å²) < 4.78 is 1.80. The van der Waals surface area contributed by atoms with Gasteiger partial charge in [0.25, 0.3) is 5.78 Å². The molecular formula is C15H18N10O. The van der Waals surface area contributed by atoms with Crippen molar-refractivity contribution in [2.24, 2.45) is 11.8 Å². The Balaban J connectivity index is 1.26. The molecule has 134 valence electrons. The molecular weight excluding hydrogens is 336 g/mol. The fraction of sp³-hybridized carbons (Fsp3) is 0.533. The number of fused-ring (bicyclic) bond motifs is 2. The van der Waals surface area contributed by atoms with Gasteiger partial charge in [-0.25, -0.2) is 4.98 Å². The number of aromatic nitrogens is 8. The third-order valence-corrected chi connectivity index (χ3v) is 5.24. The molecule has 3 atom stereocenters. The molecule has 1 saturated heterocycles. The van der Waals surface area contributed by atoms with Crippen molar-refractivity contribution >= 4 is 17.5 Å². The number of carbonyl (C=O) groups excluding carboxylic acids is 1. The summed E-state index contributed by atoms with van der Waals surface area (Å²) in [4.78, 5) is 24.3. The summed E-state index contributed by atoms with van der Waals surface area (Å²) in [5.74, 6) is 3.27. The second kappa shape index (κ2) is 5.71. The Morgan fingerprint density at radius 3 is 3.15 bits per heavy atom. The van der Waals surface area contributed by atoms with Gasteiger partial charge in [-0.2, -0.15) is 14.3 Å². The van der Waals surface area contributed by atoms with E-state index in [1.54, 1.807) is 10.7 Å². The summed E-state index contributed by atoms with van der Waals surface area (Å²) in [6.07, 6.45) is 4.08.